The van der Waals surface area contributed by atoms with Crippen molar-refractivity contribution in [2.75, 3.05) is 33.1 Å². The molecule has 1 aliphatic rings. The fourth-order valence-electron chi connectivity index (χ4n) is 2.24. The van der Waals surface area contributed by atoms with Gasteiger partial charge in [0.1, 0.15) is 5.75 Å². The Kier molecular flexibility index (Phi) is 5.05. The van der Waals surface area contributed by atoms with E-state index >= 15 is 0 Å². The lowest BCUT2D eigenvalue weighted by atomic mass is 10.1. The number of carbonyl (C=O) groups excluding carboxylic acids is 1. The van der Waals surface area contributed by atoms with E-state index in [0.29, 0.717) is 5.56 Å². The number of hydrogen-bond acceptors (Lipinski definition) is 5. The lowest BCUT2D eigenvalue weighted by molar-refractivity contribution is 0.0925. The Bertz CT molecular complexity index is 644. The molecule has 0 bridgehead atoms. The van der Waals surface area contributed by atoms with Gasteiger partial charge in [0.2, 0.25) is 10.0 Å². The molecule has 1 fully saturated rings. The molecule has 7 nitrogen and oxygen atoms in total. The molecule has 1 aliphatic heterocycles. The number of nitrogens with one attached hydrogen (secondary N) is 1. The van der Waals surface area contributed by atoms with Gasteiger partial charge in [0.15, 0.2) is 0 Å². The number of ether oxygens (including phenoxy) is 1. The van der Waals surface area contributed by atoms with Crippen molar-refractivity contribution in [3.63, 3.8) is 0 Å². The molecule has 0 aliphatic carbocycles. The van der Waals surface area contributed by atoms with Gasteiger partial charge in [-0.05, 0) is 18.2 Å². The molecule has 22 heavy (non-hydrogen) atoms. The summed E-state index contributed by atoms with van der Waals surface area (Å²) in [5.41, 5.74) is 0.320. The number of phenols is 1. The number of aromatic hydroxyl groups is 1. The summed E-state index contributed by atoms with van der Waals surface area (Å²) in [4.78, 5) is 12.2. The molecule has 1 aromatic rings. The van der Waals surface area contributed by atoms with Crippen molar-refractivity contribution in [1.29, 1.82) is 0 Å². The van der Waals surface area contributed by atoms with E-state index in [-0.39, 0.29) is 42.6 Å². The summed E-state index contributed by atoms with van der Waals surface area (Å²) in [7, 11) is -0.404. The van der Waals surface area contributed by atoms with Gasteiger partial charge in [-0.1, -0.05) is 6.07 Å². The van der Waals surface area contributed by atoms with Gasteiger partial charge >= 0.3 is 0 Å². The monoisotopic (exact) mass is 328 g/mol. The van der Waals surface area contributed by atoms with Crippen molar-refractivity contribution in [3.8, 4) is 5.75 Å². The number of carbonyl (C=O) groups is 1. The minimum Gasteiger partial charge on any atom is -0.508 e. The number of nitrogens with zero attached hydrogens (tertiary/aromatic N) is 1. The van der Waals surface area contributed by atoms with Crippen LogP contribution in [0.1, 0.15) is 10.4 Å². The third kappa shape index (κ3) is 3.96. The van der Waals surface area contributed by atoms with Gasteiger partial charge in [-0.15, -0.1) is 0 Å². The SMILES string of the molecule is CN(C)S(=O)(=O)CC1COCC1NC(=O)c1cccc(O)c1. The lowest BCUT2D eigenvalue weighted by Crippen LogP contribution is -2.43. The smallest absolute Gasteiger partial charge is 0.251 e. The maximum Gasteiger partial charge on any atom is 0.251 e. The van der Waals surface area contributed by atoms with Crippen molar-refractivity contribution in [2.45, 2.75) is 6.04 Å². The molecule has 0 saturated carbocycles. The Morgan fingerprint density at radius 1 is 1.41 bits per heavy atom. The number of benzene rings is 1. The molecular weight excluding hydrogens is 308 g/mol. The highest BCUT2D eigenvalue weighted by Gasteiger charge is 2.34. The Hall–Kier alpha value is -1.64. The highest BCUT2D eigenvalue weighted by Crippen LogP contribution is 2.18. The molecule has 1 aromatic carbocycles. The summed E-state index contributed by atoms with van der Waals surface area (Å²) in [6.45, 7) is 0.566. The molecule has 8 heteroatoms. The molecule has 2 atom stereocenters. The van der Waals surface area contributed by atoms with Crippen molar-refractivity contribution in [1.82, 2.24) is 9.62 Å². The minimum absolute atomic E-state index is 0.00191. The zero-order chi connectivity index (χ0) is 16.3. The summed E-state index contributed by atoms with van der Waals surface area (Å²) in [6.07, 6.45) is 0. The molecule has 2 unspecified atom stereocenters. The van der Waals surface area contributed by atoms with Crippen LogP contribution in [0.5, 0.6) is 5.75 Å². The molecule has 2 rings (SSSR count). The van der Waals surface area contributed by atoms with Gasteiger partial charge in [-0.3, -0.25) is 4.79 Å². The van der Waals surface area contributed by atoms with E-state index in [1.165, 1.54) is 30.5 Å². The molecular formula is C14H20N2O5S. The van der Waals surface area contributed by atoms with Gasteiger partial charge in [0, 0.05) is 25.6 Å². The second-order valence-electron chi connectivity index (χ2n) is 5.49. The maximum atomic E-state index is 12.2. The first-order valence-electron chi connectivity index (χ1n) is 6.87. The molecule has 0 aromatic heterocycles. The molecule has 1 heterocycles. The van der Waals surface area contributed by atoms with Crippen LogP contribution in [0.15, 0.2) is 24.3 Å². The fraction of sp³-hybridized carbons (Fsp3) is 0.500. The second kappa shape index (κ2) is 6.64. The van der Waals surface area contributed by atoms with Crippen LogP contribution in [0.4, 0.5) is 0 Å². The Labute approximate surface area is 129 Å². The summed E-state index contributed by atoms with van der Waals surface area (Å²) >= 11 is 0. The van der Waals surface area contributed by atoms with E-state index < -0.39 is 10.0 Å². The second-order valence-corrected chi connectivity index (χ2v) is 7.72. The van der Waals surface area contributed by atoms with Crippen LogP contribution in [0.25, 0.3) is 0 Å². The summed E-state index contributed by atoms with van der Waals surface area (Å²) in [5, 5.41) is 12.2. The van der Waals surface area contributed by atoms with Gasteiger partial charge in [-0.2, -0.15) is 0 Å². The van der Waals surface area contributed by atoms with Gasteiger partial charge in [0.25, 0.3) is 5.91 Å². The standard InChI is InChI=1S/C14H20N2O5S/c1-16(2)22(19,20)9-11-7-21-8-13(11)15-14(18)10-4-3-5-12(17)6-10/h3-6,11,13,17H,7-9H2,1-2H3,(H,15,18). The Balaban J connectivity index is 2.04. The fourth-order valence-corrected chi connectivity index (χ4v) is 3.41. The first-order valence-corrected chi connectivity index (χ1v) is 8.48. The van der Waals surface area contributed by atoms with E-state index in [4.69, 9.17) is 4.74 Å². The van der Waals surface area contributed by atoms with Crippen LogP contribution < -0.4 is 5.32 Å². The van der Waals surface area contributed by atoms with Crippen LogP contribution >= 0.6 is 0 Å². The average Bonchev–Trinajstić information content (AvgIpc) is 2.85. The van der Waals surface area contributed by atoms with Gasteiger partial charge in [0.05, 0.1) is 25.0 Å². The van der Waals surface area contributed by atoms with E-state index in [9.17, 15) is 18.3 Å². The van der Waals surface area contributed by atoms with Crippen LogP contribution in [-0.2, 0) is 14.8 Å². The predicted octanol–water partition coefficient (Wildman–Crippen LogP) is 0.0284. The van der Waals surface area contributed by atoms with Crippen molar-refractivity contribution in [3.05, 3.63) is 29.8 Å². The summed E-state index contributed by atoms with van der Waals surface area (Å²) in [5.74, 6) is -0.736. The normalized spacial score (nSPS) is 22.0. The number of rotatable bonds is 5. The molecule has 0 radical (unpaired) electrons. The first-order chi connectivity index (χ1) is 10.3. The zero-order valence-electron chi connectivity index (χ0n) is 12.5. The van der Waals surface area contributed by atoms with E-state index in [2.05, 4.69) is 5.32 Å². The maximum absolute atomic E-state index is 12.2. The van der Waals surface area contributed by atoms with Crippen LogP contribution in [-0.4, -0.2) is 62.8 Å². The first kappa shape index (κ1) is 16.7. The Morgan fingerprint density at radius 3 is 2.77 bits per heavy atom. The van der Waals surface area contributed by atoms with Crippen LogP contribution in [0.3, 0.4) is 0 Å². The molecule has 1 amide bonds. The molecule has 0 spiro atoms. The number of hydrogen-bond donors (Lipinski definition) is 2. The van der Waals surface area contributed by atoms with Crippen LogP contribution in [0, 0.1) is 5.92 Å². The van der Waals surface area contributed by atoms with Crippen molar-refractivity contribution < 1.29 is 23.1 Å². The minimum atomic E-state index is -3.36. The van der Waals surface area contributed by atoms with E-state index in [1.54, 1.807) is 12.1 Å². The molecule has 2 N–H and O–H groups in total. The van der Waals surface area contributed by atoms with Crippen LogP contribution in [0.2, 0.25) is 0 Å². The van der Waals surface area contributed by atoms with Crippen molar-refractivity contribution >= 4 is 15.9 Å². The number of phenolic OH excluding ortho intramolecular Hbond substituents is 1. The highest BCUT2D eigenvalue weighted by atomic mass is 32.2. The number of amides is 1. The van der Waals surface area contributed by atoms with E-state index in [1.807, 2.05) is 0 Å². The predicted molar refractivity (Wildman–Crippen MR) is 81.1 cm³/mol. The highest BCUT2D eigenvalue weighted by molar-refractivity contribution is 7.89. The topological polar surface area (TPSA) is 95.9 Å². The third-order valence-electron chi connectivity index (χ3n) is 3.60. The average molecular weight is 328 g/mol. The summed E-state index contributed by atoms with van der Waals surface area (Å²) < 4.78 is 30.4. The third-order valence-corrected chi connectivity index (χ3v) is 5.57. The molecule has 122 valence electrons. The molecule has 1 saturated heterocycles. The lowest BCUT2D eigenvalue weighted by Gasteiger charge is -2.21. The summed E-state index contributed by atoms with van der Waals surface area (Å²) in [6, 6.07) is 5.61. The zero-order valence-corrected chi connectivity index (χ0v) is 13.3. The van der Waals surface area contributed by atoms with Gasteiger partial charge in [-0.25, -0.2) is 12.7 Å². The largest absolute Gasteiger partial charge is 0.508 e. The number of sulfonamides is 1. The van der Waals surface area contributed by atoms with Gasteiger partial charge < -0.3 is 15.2 Å². The van der Waals surface area contributed by atoms with Crippen molar-refractivity contribution in [2.24, 2.45) is 5.92 Å². The quantitative estimate of drug-likeness (QED) is 0.795. The van der Waals surface area contributed by atoms with E-state index in [0.717, 1.165) is 0 Å². The Morgan fingerprint density at radius 2 is 2.14 bits per heavy atom.